The standard InChI is InChI=1S/C9H14N4O2/c1-3-15-8(14)7-11-9-10-4-6(2)5-13(9)12-7/h6H,3-5H2,1-2H3,(H,10,11,12). The molecule has 2 rings (SSSR count). The molecule has 1 aliphatic heterocycles. The number of aromatic nitrogens is 3. The Morgan fingerprint density at radius 1 is 1.73 bits per heavy atom. The number of nitrogens with one attached hydrogen (secondary N) is 1. The molecule has 6 heteroatoms. The van der Waals surface area contributed by atoms with Gasteiger partial charge < -0.3 is 10.1 Å². The Morgan fingerprint density at radius 2 is 2.53 bits per heavy atom. The highest BCUT2D eigenvalue weighted by Crippen LogP contribution is 2.14. The van der Waals surface area contributed by atoms with Gasteiger partial charge in [0.05, 0.1) is 6.61 Å². The maximum atomic E-state index is 11.4. The van der Waals surface area contributed by atoms with E-state index in [4.69, 9.17) is 4.74 Å². The monoisotopic (exact) mass is 210 g/mol. The topological polar surface area (TPSA) is 69.0 Å². The van der Waals surface area contributed by atoms with Crippen LogP contribution in [0.15, 0.2) is 0 Å². The second-order valence-corrected chi connectivity index (χ2v) is 3.65. The van der Waals surface area contributed by atoms with Crippen molar-refractivity contribution in [3.8, 4) is 0 Å². The summed E-state index contributed by atoms with van der Waals surface area (Å²) in [5.74, 6) is 0.813. The van der Waals surface area contributed by atoms with Crippen molar-refractivity contribution in [2.75, 3.05) is 18.5 Å². The number of anilines is 1. The lowest BCUT2D eigenvalue weighted by atomic mass is 10.1. The summed E-state index contributed by atoms with van der Waals surface area (Å²) in [7, 11) is 0. The van der Waals surface area contributed by atoms with Gasteiger partial charge >= 0.3 is 5.97 Å². The second kappa shape index (κ2) is 3.88. The van der Waals surface area contributed by atoms with Gasteiger partial charge in [0.2, 0.25) is 5.95 Å². The molecule has 2 heterocycles. The molecule has 0 spiro atoms. The number of fused-ring (bicyclic) bond motifs is 1. The molecule has 82 valence electrons. The number of carbonyl (C=O) groups is 1. The van der Waals surface area contributed by atoms with Gasteiger partial charge in [-0.3, -0.25) is 0 Å². The van der Waals surface area contributed by atoms with Gasteiger partial charge in [-0.05, 0) is 12.8 Å². The van der Waals surface area contributed by atoms with Gasteiger partial charge in [-0.15, -0.1) is 5.10 Å². The van der Waals surface area contributed by atoms with Crippen LogP contribution in [-0.2, 0) is 11.3 Å². The SMILES string of the molecule is CCOC(=O)c1nc2n(n1)CC(C)CN2. The van der Waals surface area contributed by atoms with Gasteiger partial charge in [0.1, 0.15) is 0 Å². The molecule has 6 nitrogen and oxygen atoms in total. The van der Waals surface area contributed by atoms with Crippen LogP contribution in [0.2, 0.25) is 0 Å². The van der Waals surface area contributed by atoms with E-state index in [-0.39, 0.29) is 5.82 Å². The Balaban J connectivity index is 2.19. The van der Waals surface area contributed by atoms with Gasteiger partial charge in [0, 0.05) is 13.1 Å². The van der Waals surface area contributed by atoms with Crippen molar-refractivity contribution in [2.24, 2.45) is 5.92 Å². The van der Waals surface area contributed by atoms with E-state index in [1.54, 1.807) is 11.6 Å². The average molecular weight is 210 g/mol. The number of esters is 1. The molecular weight excluding hydrogens is 196 g/mol. The summed E-state index contributed by atoms with van der Waals surface area (Å²) >= 11 is 0. The van der Waals surface area contributed by atoms with E-state index in [2.05, 4.69) is 22.3 Å². The third kappa shape index (κ3) is 1.93. The van der Waals surface area contributed by atoms with Crippen LogP contribution in [0.5, 0.6) is 0 Å². The van der Waals surface area contributed by atoms with Gasteiger partial charge in [0.15, 0.2) is 0 Å². The lowest BCUT2D eigenvalue weighted by molar-refractivity contribution is 0.0511. The van der Waals surface area contributed by atoms with Crippen LogP contribution in [0.1, 0.15) is 24.5 Å². The molecule has 1 aromatic rings. The lowest BCUT2D eigenvalue weighted by Crippen LogP contribution is -2.25. The Kier molecular flexibility index (Phi) is 2.57. The first kappa shape index (κ1) is 9.95. The minimum atomic E-state index is -0.464. The Hall–Kier alpha value is -1.59. The number of hydrogen-bond acceptors (Lipinski definition) is 5. The van der Waals surface area contributed by atoms with E-state index in [1.165, 1.54) is 0 Å². The average Bonchev–Trinajstić information content (AvgIpc) is 2.60. The molecule has 0 saturated carbocycles. The quantitative estimate of drug-likeness (QED) is 0.720. The summed E-state index contributed by atoms with van der Waals surface area (Å²) < 4.78 is 6.54. The predicted octanol–water partition coefficient (Wildman–Crippen LogP) is 0.516. The molecule has 0 aromatic carbocycles. The third-order valence-corrected chi connectivity index (χ3v) is 2.22. The van der Waals surface area contributed by atoms with Crippen molar-refractivity contribution < 1.29 is 9.53 Å². The van der Waals surface area contributed by atoms with Crippen molar-refractivity contribution in [1.29, 1.82) is 0 Å². The molecule has 1 aliphatic rings. The largest absolute Gasteiger partial charge is 0.460 e. The fraction of sp³-hybridized carbons (Fsp3) is 0.667. The van der Waals surface area contributed by atoms with Crippen molar-refractivity contribution in [3.05, 3.63) is 5.82 Å². The van der Waals surface area contributed by atoms with E-state index in [9.17, 15) is 4.79 Å². The third-order valence-electron chi connectivity index (χ3n) is 2.22. The van der Waals surface area contributed by atoms with E-state index >= 15 is 0 Å². The maximum Gasteiger partial charge on any atom is 0.378 e. The number of carbonyl (C=O) groups excluding carboxylic acids is 1. The smallest absolute Gasteiger partial charge is 0.378 e. The summed E-state index contributed by atoms with van der Waals surface area (Å²) in [5.41, 5.74) is 0. The molecule has 15 heavy (non-hydrogen) atoms. The minimum Gasteiger partial charge on any atom is -0.460 e. The van der Waals surface area contributed by atoms with E-state index < -0.39 is 5.97 Å². The molecule has 0 saturated heterocycles. The highest BCUT2D eigenvalue weighted by Gasteiger charge is 2.21. The van der Waals surface area contributed by atoms with Crippen molar-refractivity contribution in [3.63, 3.8) is 0 Å². The van der Waals surface area contributed by atoms with Crippen LogP contribution in [0.4, 0.5) is 5.95 Å². The van der Waals surface area contributed by atoms with E-state index in [0.717, 1.165) is 13.1 Å². The molecule has 0 radical (unpaired) electrons. The lowest BCUT2D eigenvalue weighted by Gasteiger charge is -2.19. The molecular formula is C9H14N4O2. The van der Waals surface area contributed by atoms with Crippen molar-refractivity contribution >= 4 is 11.9 Å². The minimum absolute atomic E-state index is 0.133. The predicted molar refractivity (Wildman–Crippen MR) is 53.6 cm³/mol. The van der Waals surface area contributed by atoms with Crippen LogP contribution in [0.3, 0.4) is 0 Å². The normalized spacial score (nSPS) is 19.2. The van der Waals surface area contributed by atoms with Gasteiger partial charge in [0.25, 0.3) is 5.82 Å². The van der Waals surface area contributed by atoms with Gasteiger partial charge in [-0.1, -0.05) is 6.92 Å². The van der Waals surface area contributed by atoms with Crippen molar-refractivity contribution in [1.82, 2.24) is 14.8 Å². The highest BCUT2D eigenvalue weighted by molar-refractivity contribution is 5.85. The fourth-order valence-corrected chi connectivity index (χ4v) is 1.51. The summed E-state index contributed by atoms with van der Waals surface area (Å²) in [6.07, 6.45) is 0. The zero-order valence-corrected chi connectivity index (χ0v) is 8.86. The first-order valence-corrected chi connectivity index (χ1v) is 5.06. The maximum absolute atomic E-state index is 11.4. The van der Waals surface area contributed by atoms with Gasteiger partial charge in [-0.25, -0.2) is 9.48 Å². The first-order valence-electron chi connectivity index (χ1n) is 5.06. The molecule has 0 fully saturated rings. The molecule has 1 N–H and O–H groups in total. The van der Waals surface area contributed by atoms with Crippen LogP contribution < -0.4 is 5.32 Å². The summed E-state index contributed by atoms with van der Waals surface area (Å²) in [5, 5.41) is 7.20. The van der Waals surface area contributed by atoms with Crippen LogP contribution in [0.25, 0.3) is 0 Å². The van der Waals surface area contributed by atoms with Crippen LogP contribution in [0, 0.1) is 5.92 Å². The molecule has 1 unspecified atom stereocenters. The number of ether oxygens (including phenoxy) is 1. The zero-order chi connectivity index (χ0) is 10.8. The Labute approximate surface area is 87.6 Å². The molecule has 0 amide bonds. The number of rotatable bonds is 2. The molecule has 0 bridgehead atoms. The zero-order valence-electron chi connectivity index (χ0n) is 8.86. The number of hydrogen-bond donors (Lipinski definition) is 1. The van der Waals surface area contributed by atoms with Gasteiger partial charge in [-0.2, -0.15) is 4.98 Å². The highest BCUT2D eigenvalue weighted by atomic mass is 16.5. The summed E-state index contributed by atoms with van der Waals surface area (Å²) in [6, 6.07) is 0. The summed E-state index contributed by atoms with van der Waals surface area (Å²) in [6.45, 7) is 5.86. The van der Waals surface area contributed by atoms with Crippen molar-refractivity contribution in [2.45, 2.75) is 20.4 Å². The fourth-order valence-electron chi connectivity index (χ4n) is 1.51. The second-order valence-electron chi connectivity index (χ2n) is 3.65. The molecule has 0 aliphatic carbocycles. The van der Waals surface area contributed by atoms with Crippen LogP contribution in [-0.4, -0.2) is 33.9 Å². The molecule has 1 atom stereocenters. The van der Waals surface area contributed by atoms with E-state index in [0.29, 0.717) is 18.5 Å². The van der Waals surface area contributed by atoms with Crippen LogP contribution >= 0.6 is 0 Å². The van der Waals surface area contributed by atoms with E-state index in [1.807, 2.05) is 0 Å². The Bertz CT molecular complexity index is 374. The first-order chi connectivity index (χ1) is 7.20. The molecule has 1 aromatic heterocycles. The number of nitrogens with zero attached hydrogens (tertiary/aromatic N) is 3. The Morgan fingerprint density at radius 3 is 3.27 bits per heavy atom. The summed E-state index contributed by atoms with van der Waals surface area (Å²) in [4.78, 5) is 15.4.